The first-order valence-corrected chi connectivity index (χ1v) is 15.4. The molecule has 2 aliphatic heterocycles. The molecule has 1 unspecified atom stereocenters. The zero-order valence-electron chi connectivity index (χ0n) is 24.8. The zero-order chi connectivity index (χ0) is 32.4. The lowest BCUT2D eigenvalue weighted by molar-refractivity contribution is -0.133. The zero-order valence-corrected chi connectivity index (χ0v) is 25.6. The van der Waals surface area contributed by atoms with Crippen molar-refractivity contribution in [2.75, 3.05) is 37.6 Å². The van der Waals surface area contributed by atoms with E-state index in [2.05, 4.69) is 10.2 Å². The molecule has 0 spiro atoms. The predicted molar refractivity (Wildman–Crippen MR) is 169 cm³/mol. The molecule has 238 valence electrons. The Morgan fingerprint density at radius 3 is 2.39 bits per heavy atom. The summed E-state index contributed by atoms with van der Waals surface area (Å²) >= 11 is 6.05. The number of rotatable bonds is 8. The van der Waals surface area contributed by atoms with Crippen LogP contribution in [0.1, 0.15) is 34.5 Å². The van der Waals surface area contributed by atoms with Gasteiger partial charge in [0.2, 0.25) is 11.8 Å². The number of amides is 3. The Morgan fingerprint density at radius 1 is 0.935 bits per heavy atom. The molecule has 4 aromatic rings. The highest BCUT2D eigenvalue weighted by molar-refractivity contribution is 6.30. The Bertz CT molecular complexity index is 1860. The summed E-state index contributed by atoms with van der Waals surface area (Å²) < 4.78 is 33.5. The number of carbonyl (C=O) groups excluding carboxylic acids is 3. The van der Waals surface area contributed by atoms with Gasteiger partial charge in [0.25, 0.3) is 5.91 Å². The summed E-state index contributed by atoms with van der Waals surface area (Å²) in [6.45, 7) is 3.11. The Labute approximate surface area is 268 Å². The Morgan fingerprint density at radius 2 is 1.67 bits per heavy atom. The number of fused-ring (bicyclic) bond motifs is 1. The highest BCUT2D eigenvalue weighted by Gasteiger charge is 2.31. The third-order valence-electron chi connectivity index (χ3n) is 8.38. The minimum atomic E-state index is -1.12. The molecule has 1 aromatic heterocycles. The number of hydrogen-bond acceptors (Lipinski definition) is 6. The minimum Gasteiger partial charge on any atom is -0.448 e. The second-order valence-electron chi connectivity index (χ2n) is 11.5. The van der Waals surface area contributed by atoms with E-state index in [1.54, 1.807) is 29.2 Å². The van der Waals surface area contributed by atoms with Gasteiger partial charge in [0, 0.05) is 75.0 Å². The minimum absolute atomic E-state index is 0.117. The smallest absolute Gasteiger partial charge is 0.287 e. The van der Waals surface area contributed by atoms with Crippen LogP contribution in [0.5, 0.6) is 0 Å². The highest BCUT2D eigenvalue weighted by Crippen LogP contribution is 2.26. The van der Waals surface area contributed by atoms with Gasteiger partial charge in [-0.05, 0) is 41.8 Å². The molecule has 12 heteroatoms. The van der Waals surface area contributed by atoms with Crippen molar-refractivity contribution >= 4 is 46.0 Å². The van der Waals surface area contributed by atoms with Crippen LogP contribution in [0, 0.1) is 11.6 Å². The number of carbonyl (C=O) groups is 3. The Balaban J connectivity index is 1.19. The number of hydrogen-bond donors (Lipinski definition) is 1. The lowest BCUT2D eigenvalue weighted by atomic mass is 10.0. The molecule has 2 saturated heterocycles. The van der Waals surface area contributed by atoms with Gasteiger partial charge in [0.1, 0.15) is 11.9 Å². The summed E-state index contributed by atoms with van der Waals surface area (Å²) in [5.41, 5.74) is 1.44. The van der Waals surface area contributed by atoms with Gasteiger partial charge in [-0.3, -0.25) is 19.2 Å². The van der Waals surface area contributed by atoms with Crippen LogP contribution < -0.4 is 15.6 Å². The van der Waals surface area contributed by atoms with Crippen molar-refractivity contribution in [3.63, 3.8) is 0 Å². The number of piperazine rings is 1. The molecule has 6 rings (SSSR count). The monoisotopic (exact) mass is 648 g/mol. The largest absolute Gasteiger partial charge is 0.448 e. The van der Waals surface area contributed by atoms with Gasteiger partial charge >= 0.3 is 0 Å². The van der Waals surface area contributed by atoms with Crippen LogP contribution in [0.2, 0.25) is 5.02 Å². The summed E-state index contributed by atoms with van der Waals surface area (Å²) in [5, 5.41) is 2.84. The van der Waals surface area contributed by atoms with Crippen molar-refractivity contribution in [1.29, 1.82) is 0 Å². The van der Waals surface area contributed by atoms with Crippen LogP contribution in [0.4, 0.5) is 14.5 Å². The van der Waals surface area contributed by atoms with Crippen LogP contribution in [0.25, 0.3) is 11.0 Å². The number of nitrogens with zero attached hydrogens (tertiary/aromatic N) is 3. The van der Waals surface area contributed by atoms with E-state index < -0.39 is 40.4 Å². The Hall–Kier alpha value is -4.77. The molecule has 1 N–H and O–H groups in total. The number of para-hydroxylation sites is 1. The van der Waals surface area contributed by atoms with Crippen molar-refractivity contribution in [3.8, 4) is 0 Å². The van der Waals surface area contributed by atoms with E-state index in [1.807, 2.05) is 29.2 Å². The third-order valence-corrected chi connectivity index (χ3v) is 8.64. The molecule has 3 heterocycles. The predicted octanol–water partition coefficient (Wildman–Crippen LogP) is 4.54. The SMILES string of the molecule is O=C(NC(Cc1ccc(Cl)cc1)C(=O)N1CCN(c2ccccc2CN2CCCC2=O)CC1)c1cc(=O)c2cc(F)cc(F)c2o1. The molecular weight excluding hydrogens is 618 g/mol. The number of anilines is 1. The number of likely N-dealkylation sites (tertiary alicyclic amines) is 1. The van der Waals surface area contributed by atoms with E-state index in [-0.39, 0.29) is 23.6 Å². The van der Waals surface area contributed by atoms with Gasteiger partial charge in [-0.2, -0.15) is 0 Å². The molecule has 9 nitrogen and oxygen atoms in total. The van der Waals surface area contributed by atoms with Gasteiger partial charge < -0.3 is 24.4 Å². The average Bonchev–Trinajstić information content (AvgIpc) is 3.45. The average molecular weight is 649 g/mol. The number of benzene rings is 3. The summed E-state index contributed by atoms with van der Waals surface area (Å²) in [4.78, 5) is 57.8. The molecule has 2 fully saturated rings. The van der Waals surface area contributed by atoms with Crippen LogP contribution in [0.15, 0.2) is 75.9 Å². The summed E-state index contributed by atoms with van der Waals surface area (Å²) in [7, 11) is 0. The summed E-state index contributed by atoms with van der Waals surface area (Å²) in [6.07, 6.45) is 1.55. The summed E-state index contributed by atoms with van der Waals surface area (Å²) in [6, 6.07) is 16.0. The van der Waals surface area contributed by atoms with Gasteiger partial charge in [-0.25, -0.2) is 8.78 Å². The molecule has 46 heavy (non-hydrogen) atoms. The Kier molecular flexibility index (Phi) is 9.03. The van der Waals surface area contributed by atoms with Gasteiger partial charge in [-0.1, -0.05) is 41.9 Å². The molecule has 1 atom stereocenters. The quantitative estimate of drug-likeness (QED) is 0.301. The number of halogens is 3. The maximum absolute atomic E-state index is 14.4. The molecule has 0 aliphatic carbocycles. The van der Waals surface area contributed by atoms with Crippen molar-refractivity contribution in [3.05, 3.63) is 110 Å². The first kappa shape index (κ1) is 31.2. The molecule has 3 amide bonds. The van der Waals surface area contributed by atoms with Crippen molar-refractivity contribution in [2.24, 2.45) is 0 Å². The fraction of sp³-hybridized carbons (Fsp3) is 0.294. The molecule has 3 aromatic carbocycles. The molecule has 2 aliphatic rings. The van der Waals surface area contributed by atoms with Crippen LogP contribution >= 0.6 is 11.6 Å². The van der Waals surface area contributed by atoms with Crippen molar-refractivity contribution < 1.29 is 27.6 Å². The summed E-state index contributed by atoms with van der Waals surface area (Å²) in [5.74, 6) is -3.65. The normalized spacial score (nSPS) is 15.8. The topological polar surface area (TPSA) is 103 Å². The van der Waals surface area contributed by atoms with E-state index in [4.69, 9.17) is 16.0 Å². The van der Waals surface area contributed by atoms with Gasteiger partial charge in [0.05, 0.1) is 5.39 Å². The third kappa shape index (κ3) is 6.74. The van der Waals surface area contributed by atoms with E-state index >= 15 is 0 Å². The van der Waals surface area contributed by atoms with Crippen LogP contribution in [-0.2, 0) is 22.6 Å². The molecule has 0 saturated carbocycles. The van der Waals surface area contributed by atoms with E-state index in [1.165, 1.54) is 0 Å². The number of nitrogens with one attached hydrogen (secondary N) is 1. The second-order valence-corrected chi connectivity index (χ2v) is 11.9. The van der Waals surface area contributed by atoms with Crippen LogP contribution in [0.3, 0.4) is 0 Å². The first-order valence-electron chi connectivity index (χ1n) is 15.0. The van der Waals surface area contributed by atoms with Crippen molar-refractivity contribution in [1.82, 2.24) is 15.1 Å². The van der Waals surface area contributed by atoms with Crippen LogP contribution in [-0.4, -0.2) is 66.3 Å². The van der Waals surface area contributed by atoms with Gasteiger partial charge in [0.15, 0.2) is 22.6 Å². The van der Waals surface area contributed by atoms with E-state index in [0.717, 1.165) is 41.9 Å². The lowest BCUT2D eigenvalue weighted by Gasteiger charge is -2.38. The molecule has 0 bridgehead atoms. The van der Waals surface area contributed by atoms with Crippen molar-refractivity contribution in [2.45, 2.75) is 31.8 Å². The first-order chi connectivity index (χ1) is 22.2. The molecular formula is C34H31ClF2N4O5. The highest BCUT2D eigenvalue weighted by atomic mass is 35.5. The molecule has 0 radical (unpaired) electrons. The lowest BCUT2D eigenvalue weighted by Crippen LogP contribution is -2.55. The second kappa shape index (κ2) is 13.3. The van der Waals surface area contributed by atoms with Gasteiger partial charge in [-0.15, -0.1) is 0 Å². The fourth-order valence-electron chi connectivity index (χ4n) is 6.00. The fourth-order valence-corrected chi connectivity index (χ4v) is 6.12. The van der Waals surface area contributed by atoms with E-state index in [9.17, 15) is 28.0 Å². The van der Waals surface area contributed by atoms with E-state index in [0.29, 0.717) is 50.2 Å². The standard InChI is InChI=1S/C34H31ClF2N4O5/c35-23-9-7-21(8-10-23)16-27(38-33(44)30-19-29(42)25-17-24(36)18-26(37)32(25)46-30)34(45)40-14-12-39(13-15-40)28-5-2-1-4-22(28)20-41-11-3-6-31(41)43/h1-2,4-5,7-10,17-19,27H,3,6,11-16,20H2,(H,38,44). The maximum Gasteiger partial charge on any atom is 0.287 e. The maximum atomic E-state index is 14.4.